The molecule has 4 nitrogen and oxygen atoms in total. The lowest BCUT2D eigenvalue weighted by Crippen LogP contribution is -2.01. The molecule has 0 saturated heterocycles. The summed E-state index contributed by atoms with van der Waals surface area (Å²) in [7, 11) is 5.34. The maximum absolute atomic E-state index is 5.45. The van der Waals surface area contributed by atoms with E-state index in [1.165, 1.54) is 0 Å². The van der Waals surface area contributed by atoms with Crippen molar-refractivity contribution in [3.8, 4) is 11.5 Å². The Morgan fingerprint density at radius 3 is 2.42 bits per heavy atom. The molecule has 1 heterocycles. The number of imidazole rings is 1. The number of methoxy groups -OCH3 is 2. The van der Waals surface area contributed by atoms with E-state index in [1.807, 2.05) is 30.7 Å². The van der Waals surface area contributed by atoms with Crippen LogP contribution in [0.2, 0.25) is 0 Å². The normalized spacial score (nSPS) is 10.6. The maximum Gasteiger partial charge on any atom is 0.127 e. The van der Waals surface area contributed by atoms with Gasteiger partial charge in [-0.05, 0) is 40.5 Å². The van der Waals surface area contributed by atoms with Crippen LogP contribution in [-0.4, -0.2) is 23.8 Å². The van der Waals surface area contributed by atoms with E-state index in [9.17, 15) is 0 Å². The first kappa shape index (κ1) is 13.9. The van der Waals surface area contributed by atoms with Crippen molar-refractivity contribution in [1.82, 2.24) is 9.55 Å². The van der Waals surface area contributed by atoms with Crippen molar-refractivity contribution < 1.29 is 9.47 Å². The summed E-state index contributed by atoms with van der Waals surface area (Å²) >= 11 is 3.47. The molecule has 0 N–H and O–H groups in total. The SMILES string of the molecule is COc1cc(Cc2c(Br)ncn2C)c(OC)cc1C. The van der Waals surface area contributed by atoms with Gasteiger partial charge in [-0.15, -0.1) is 0 Å². The lowest BCUT2D eigenvalue weighted by atomic mass is 10.1. The van der Waals surface area contributed by atoms with E-state index in [1.54, 1.807) is 20.5 Å². The zero-order valence-corrected chi connectivity index (χ0v) is 13.1. The summed E-state index contributed by atoms with van der Waals surface area (Å²) in [5.41, 5.74) is 3.24. The number of hydrogen-bond donors (Lipinski definition) is 0. The Bertz CT molecular complexity index is 574. The third-order valence-corrected chi connectivity index (χ3v) is 3.83. The number of aryl methyl sites for hydroxylation is 2. The lowest BCUT2D eigenvalue weighted by molar-refractivity contribution is 0.397. The molecule has 1 aromatic heterocycles. The van der Waals surface area contributed by atoms with Gasteiger partial charge in [0.25, 0.3) is 0 Å². The Labute approximate surface area is 121 Å². The molecule has 0 aliphatic carbocycles. The van der Waals surface area contributed by atoms with Crippen molar-refractivity contribution in [3.63, 3.8) is 0 Å². The van der Waals surface area contributed by atoms with Crippen molar-refractivity contribution >= 4 is 15.9 Å². The third-order valence-electron chi connectivity index (χ3n) is 3.16. The van der Waals surface area contributed by atoms with Gasteiger partial charge >= 0.3 is 0 Å². The van der Waals surface area contributed by atoms with E-state index < -0.39 is 0 Å². The number of rotatable bonds is 4. The van der Waals surface area contributed by atoms with Gasteiger partial charge in [-0.3, -0.25) is 0 Å². The highest BCUT2D eigenvalue weighted by Crippen LogP contribution is 2.31. The highest BCUT2D eigenvalue weighted by Gasteiger charge is 2.13. The molecule has 0 aliphatic heterocycles. The van der Waals surface area contributed by atoms with Crippen LogP contribution in [0.4, 0.5) is 0 Å². The number of nitrogens with zero attached hydrogens (tertiary/aromatic N) is 2. The van der Waals surface area contributed by atoms with Crippen molar-refractivity contribution in [3.05, 3.63) is 39.9 Å². The smallest absolute Gasteiger partial charge is 0.127 e. The molecular formula is C14H17BrN2O2. The first-order chi connectivity index (χ1) is 9.06. The van der Waals surface area contributed by atoms with Gasteiger partial charge < -0.3 is 14.0 Å². The molecule has 102 valence electrons. The van der Waals surface area contributed by atoms with Gasteiger partial charge in [0, 0.05) is 19.0 Å². The van der Waals surface area contributed by atoms with E-state index >= 15 is 0 Å². The number of aromatic nitrogens is 2. The highest BCUT2D eigenvalue weighted by molar-refractivity contribution is 9.10. The number of hydrogen-bond acceptors (Lipinski definition) is 3. The molecule has 2 rings (SSSR count). The van der Waals surface area contributed by atoms with Gasteiger partial charge in [-0.25, -0.2) is 4.98 Å². The summed E-state index contributed by atoms with van der Waals surface area (Å²) in [6, 6.07) is 4.02. The molecule has 0 aliphatic rings. The second-order valence-corrected chi connectivity index (χ2v) is 5.15. The molecule has 0 bridgehead atoms. The van der Waals surface area contributed by atoms with Crippen molar-refractivity contribution in [2.45, 2.75) is 13.3 Å². The number of ether oxygens (including phenoxy) is 2. The van der Waals surface area contributed by atoms with E-state index in [2.05, 4.69) is 20.9 Å². The predicted molar refractivity (Wildman–Crippen MR) is 78.0 cm³/mol. The fraction of sp³-hybridized carbons (Fsp3) is 0.357. The van der Waals surface area contributed by atoms with Gasteiger partial charge in [0.1, 0.15) is 16.1 Å². The van der Waals surface area contributed by atoms with Crippen LogP contribution in [0.5, 0.6) is 11.5 Å². The van der Waals surface area contributed by atoms with Gasteiger partial charge in [0.15, 0.2) is 0 Å². The van der Waals surface area contributed by atoms with Gasteiger partial charge in [-0.1, -0.05) is 0 Å². The number of benzene rings is 1. The van der Waals surface area contributed by atoms with Gasteiger partial charge in [0.2, 0.25) is 0 Å². The first-order valence-electron chi connectivity index (χ1n) is 5.94. The zero-order valence-electron chi connectivity index (χ0n) is 11.5. The molecule has 1 aromatic carbocycles. The van der Waals surface area contributed by atoms with Crippen LogP contribution in [0.1, 0.15) is 16.8 Å². The molecule has 0 saturated carbocycles. The molecule has 0 unspecified atom stereocenters. The Morgan fingerprint density at radius 1 is 1.21 bits per heavy atom. The average Bonchev–Trinajstić information content (AvgIpc) is 2.71. The van der Waals surface area contributed by atoms with Crippen molar-refractivity contribution in [2.24, 2.45) is 7.05 Å². The molecule has 0 atom stereocenters. The number of halogens is 1. The fourth-order valence-electron chi connectivity index (χ4n) is 2.06. The molecule has 5 heteroatoms. The zero-order chi connectivity index (χ0) is 14.0. The molecule has 0 amide bonds. The summed E-state index contributed by atoms with van der Waals surface area (Å²) < 4.78 is 13.7. The minimum absolute atomic E-state index is 0.733. The molecule has 2 aromatic rings. The maximum atomic E-state index is 5.45. The topological polar surface area (TPSA) is 36.3 Å². The third kappa shape index (κ3) is 2.76. The highest BCUT2D eigenvalue weighted by atomic mass is 79.9. The summed E-state index contributed by atoms with van der Waals surface area (Å²) in [5.74, 6) is 1.74. The Balaban J connectivity index is 2.44. The first-order valence-corrected chi connectivity index (χ1v) is 6.73. The summed E-state index contributed by atoms with van der Waals surface area (Å²) in [5, 5.41) is 0. The van der Waals surface area contributed by atoms with E-state index in [0.717, 1.165) is 39.3 Å². The van der Waals surface area contributed by atoms with Crippen LogP contribution in [-0.2, 0) is 13.5 Å². The van der Waals surface area contributed by atoms with Crippen LogP contribution in [0.3, 0.4) is 0 Å². The van der Waals surface area contributed by atoms with E-state index in [-0.39, 0.29) is 0 Å². The Hall–Kier alpha value is -1.49. The lowest BCUT2D eigenvalue weighted by Gasteiger charge is -2.13. The Kier molecular flexibility index (Phi) is 4.14. The Morgan fingerprint density at radius 2 is 1.89 bits per heavy atom. The summed E-state index contributed by atoms with van der Waals surface area (Å²) in [6.45, 7) is 2.01. The van der Waals surface area contributed by atoms with Crippen LogP contribution < -0.4 is 9.47 Å². The molecule has 0 spiro atoms. The largest absolute Gasteiger partial charge is 0.496 e. The van der Waals surface area contributed by atoms with Crippen LogP contribution in [0, 0.1) is 6.92 Å². The average molecular weight is 325 g/mol. The minimum atomic E-state index is 0.733. The molecule has 19 heavy (non-hydrogen) atoms. The van der Waals surface area contributed by atoms with Crippen molar-refractivity contribution in [1.29, 1.82) is 0 Å². The van der Waals surface area contributed by atoms with Crippen LogP contribution >= 0.6 is 15.9 Å². The van der Waals surface area contributed by atoms with E-state index in [4.69, 9.17) is 9.47 Å². The summed E-state index contributed by atoms with van der Waals surface area (Å²) in [4.78, 5) is 4.24. The molecule has 0 radical (unpaired) electrons. The second kappa shape index (κ2) is 5.65. The fourth-order valence-corrected chi connectivity index (χ4v) is 2.57. The van der Waals surface area contributed by atoms with Gasteiger partial charge in [0.05, 0.1) is 26.2 Å². The van der Waals surface area contributed by atoms with E-state index in [0.29, 0.717) is 0 Å². The minimum Gasteiger partial charge on any atom is -0.496 e. The summed E-state index contributed by atoms with van der Waals surface area (Å²) in [6.07, 6.45) is 2.52. The standard InChI is InChI=1S/C14H17BrN2O2/c1-9-5-13(19-4)10(7-12(9)18-3)6-11-14(15)16-8-17(11)2/h5,7-8H,6H2,1-4H3. The van der Waals surface area contributed by atoms with Gasteiger partial charge in [-0.2, -0.15) is 0 Å². The van der Waals surface area contributed by atoms with Crippen molar-refractivity contribution in [2.75, 3.05) is 14.2 Å². The quantitative estimate of drug-likeness (QED) is 0.867. The monoisotopic (exact) mass is 324 g/mol. The molecular weight excluding hydrogens is 308 g/mol. The van der Waals surface area contributed by atoms with Crippen LogP contribution in [0.25, 0.3) is 0 Å². The second-order valence-electron chi connectivity index (χ2n) is 4.40. The molecule has 0 fully saturated rings. The predicted octanol–water partition coefficient (Wildman–Crippen LogP) is 3.10. The van der Waals surface area contributed by atoms with Crippen LogP contribution in [0.15, 0.2) is 23.1 Å².